The molecular formula is C19H17NO2. The Labute approximate surface area is 129 Å². The number of pyridine rings is 1. The third kappa shape index (κ3) is 2.66. The Balaban J connectivity index is 2.04. The molecule has 3 heteroatoms. The second-order valence-corrected chi connectivity index (χ2v) is 4.83. The molecule has 0 atom stereocenters. The smallest absolute Gasteiger partial charge is 0.167 e. The van der Waals surface area contributed by atoms with Crippen LogP contribution in [0.15, 0.2) is 54.7 Å². The van der Waals surface area contributed by atoms with E-state index in [4.69, 9.17) is 9.47 Å². The van der Waals surface area contributed by atoms with E-state index >= 15 is 0 Å². The van der Waals surface area contributed by atoms with E-state index in [1.165, 1.54) is 5.39 Å². The molecule has 0 spiro atoms. The number of nitrogens with zero attached hydrogens (tertiary/aromatic N) is 1. The molecule has 0 aliphatic heterocycles. The zero-order valence-corrected chi connectivity index (χ0v) is 12.6. The Morgan fingerprint density at radius 3 is 2.55 bits per heavy atom. The van der Waals surface area contributed by atoms with E-state index in [1.807, 2.05) is 54.7 Å². The zero-order chi connectivity index (χ0) is 15.4. The van der Waals surface area contributed by atoms with Crippen LogP contribution in [0.1, 0.15) is 11.3 Å². The summed E-state index contributed by atoms with van der Waals surface area (Å²) in [6, 6.07) is 16.0. The van der Waals surface area contributed by atoms with Crippen molar-refractivity contribution >= 4 is 22.9 Å². The van der Waals surface area contributed by atoms with E-state index in [-0.39, 0.29) is 0 Å². The monoisotopic (exact) mass is 291 g/mol. The second kappa shape index (κ2) is 6.31. The van der Waals surface area contributed by atoms with Gasteiger partial charge in [-0.25, -0.2) is 0 Å². The molecule has 0 bridgehead atoms. The van der Waals surface area contributed by atoms with Crippen LogP contribution >= 0.6 is 0 Å². The molecule has 0 saturated carbocycles. The van der Waals surface area contributed by atoms with Crippen molar-refractivity contribution in [3.05, 3.63) is 66.0 Å². The first-order chi connectivity index (χ1) is 10.8. The molecule has 0 aliphatic carbocycles. The lowest BCUT2D eigenvalue weighted by Crippen LogP contribution is -1.92. The van der Waals surface area contributed by atoms with Crippen LogP contribution in [-0.2, 0) is 0 Å². The summed E-state index contributed by atoms with van der Waals surface area (Å²) in [7, 11) is 3.28. The van der Waals surface area contributed by atoms with Gasteiger partial charge < -0.3 is 9.47 Å². The van der Waals surface area contributed by atoms with Crippen molar-refractivity contribution in [3.8, 4) is 11.5 Å². The SMILES string of the molecule is COc1cccc(/C=C/c2nccc3ccccc23)c1OC. The van der Waals surface area contributed by atoms with Crippen LogP contribution in [0.25, 0.3) is 22.9 Å². The fourth-order valence-corrected chi connectivity index (χ4v) is 2.49. The molecule has 1 heterocycles. The van der Waals surface area contributed by atoms with Crippen molar-refractivity contribution in [1.29, 1.82) is 0 Å². The highest BCUT2D eigenvalue weighted by atomic mass is 16.5. The normalized spacial score (nSPS) is 11.0. The van der Waals surface area contributed by atoms with E-state index in [9.17, 15) is 0 Å². The maximum Gasteiger partial charge on any atom is 0.167 e. The Hall–Kier alpha value is -2.81. The van der Waals surface area contributed by atoms with Gasteiger partial charge in [-0.2, -0.15) is 0 Å². The van der Waals surface area contributed by atoms with E-state index in [0.29, 0.717) is 0 Å². The minimum atomic E-state index is 0.718. The van der Waals surface area contributed by atoms with Gasteiger partial charge in [0.05, 0.1) is 19.9 Å². The van der Waals surface area contributed by atoms with Crippen molar-refractivity contribution < 1.29 is 9.47 Å². The van der Waals surface area contributed by atoms with Gasteiger partial charge in [-0.05, 0) is 29.7 Å². The summed E-state index contributed by atoms with van der Waals surface area (Å²) in [5, 5.41) is 2.30. The third-order valence-electron chi connectivity index (χ3n) is 3.56. The van der Waals surface area contributed by atoms with Crippen LogP contribution in [0.4, 0.5) is 0 Å². The first-order valence-corrected chi connectivity index (χ1v) is 7.06. The van der Waals surface area contributed by atoms with Gasteiger partial charge in [0.25, 0.3) is 0 Å². The molecule has 0 amide bonds. The average molecular weight is 291 g/mol. The largest absolute Gasteiger partial charge is 0.493 e. The molecule has 1 aromatic heterocycles. The number of ether oxygens (including phenoxy) is 2. The number of para-hydroxylation sites is 1. The Bertz CT molecular complexity index is 819. The minimum absolute atomic E-state index is 0.718. The van der Waals surface area contributed by atoms with E-state index < -0.39 is 0 Å². The predicted molar refractivity (Wildman–Crippen MR) is 90.2 cm³/mol. The van der Waals surface area contributed by atoms with Crippen LogP contribution in [0.2, 0.25) is 0 Å². The standard InChI is InChI=1S/C19H17NO2/c1-21-18-9-5-7-15(19(18)22-2)10-11-17-16-8-4-3-6-14(16)12-13-20-17/h3-13H,1-2H3/b11-10+. The van der Waals surface area contributed by atoms with Gasteiger partial charge in [0, 0.05) is 17.1 Å². The topological polar surface area (TPSA) is 31.4 Å². The highest BCUT2D eigenvalue weighted by molar-refractivity contribution is 5.91. The van der Waals surface area contributed by atoms with Gasteiger partial charge >= 0.3 is 0 Å². The first kappa shape index (κ1) is 14.1. The molecule has 0 saturated heterocycles. The molecule has 0 unspecified atom stereocenters. The molecule has 3 rings (SSSR count). The van der Waals surface area contributed by atoms with Crippen LogP contribution in [0.3, 0.4) is 0 Å². The molecule has 0 N–H and O–H groups in total. The Morgan fingerprint density at radius 2 is 1.73 bits per heavy atom. The lowest BCUT2D eigenvalue weighted by atomic mass is 10.1. The van der Waals surface area contributed by atoms with Crippen molar-refractivity contribution in [2.24, 2.45) is 0 Å². The number of hydrogen-bond donors (Lipinski definition) is 0. The third-order valence-corrected chi connectivity index (χ3v) is 3.56. The highest BCUT2D eigenvalue weighted by Crippen LogP contribution is 2.32. The first-order valence-electron chi connectivity index (χ1n) is 7.06. The fraction of sp³-hybridized carbons (Fsp3) is 0.105. The van der Waals surface area contributed by atoms with Gasteiger partial charge in [-0.3, -0.25) is 4.98 Å². The molecule has 0 fully saturated rings. The Kier molecular flexibility index (Phi) is 4.05. The van der Waals surface area contributed by atoms with E-state index in [1.54, 1.807) is 14.2 Å². The molecule has 0 aliphatic rings. The van der Waals surface area contributed by atoms with Gasteiger partial charge in [-0.1, -0.05) is 36.4 Å². The summed E-state index contributed by atoms with van der Waals surface area (Å²) in [5.41, 5.74) is 1.89. The van der Waals surface area contributed by atoms with Gasteiger partial charge in [0.1, 0.15) is 0 Å². The number of hydrogen-bond acceptors (Lipinski definition) is 3. The molecule has 110 valence electrons. The van der Waals surface area contributed by atoms with Gasteiger partial charge in [0.15, 0.2) is 11.5 Å². The lowest BCUT2D eigenvalue weighted by molar-refractivity contribution is 0.354. The predicted octanol–water partition coefficient (Wildman–Crippen LogP) is 4.42. The number of benzene rings is 2. The van der Waals surface area contributed by atoms with Crippen LogP contribution in [-0.4, -0.2) is 19.2 Å². The number of aromatic nitrogens is 1. The molecule has 0 radical (unpaired) electrons. The van der Waals surface area contributed by atoms with Crippen molar-refractivity contribution in [2.45, 2.75) is 0 Å². The summed E-state index contributed by atoms with van der Waals surface area (Å²) >= 11 is 0. The second-order valence-electron chi connectivity index (χ2n) is 4.83. The summed E-state index contributed by atoms with van der Waals surface area (Å²) in [6.07, 6.45) is 5.82. The molecular weight excluding hydrogens is 274 g/mol. The quantitative estimate of drug-likeness (QED) is 0.713. The summed E-state index contributed by atoms with van der Waals surface area (Å²) < 4.78 is 10.8. The van der Waals surface area contributed by atoms with Gasteiger partial charge in [-0.15, -0.1) is 0 Å². The lowest BCUT2D eigenvalue weighted by Gasteiger charge is -2.09. The van der Waals surface area contributed by atoms with Crippen LogP contribution in [0, 0.1) is 0 Å². The molecule has 22 heavy (non-hydrogen) atoms. The maximum atomic E-state index is 5.45. The van der Waals surface area contributed by atoms with Crippen LogP contribution < -0.4 is 9.47 Å². The number of methoxy groups -OCH3 is 2. The summed E-state index contributed by atoms with van der Waals surface area (Å²) in [6.45, 7) is 0. The zero-order valence-electron chi connectivity index (χ0n) is 12.6. The highest BCUT2D eigenvalue weighted by Gasteiger charge is 2.07. The van der Waals surface area contributed by atoms with E-state index in [0.717, 1.165) is 28.1 Å². The molecule has 2 aromatic carbocycles. The summed E-state index contributed by atoms with van der Waals surface area (Å²) in [5.74, 6) is 1.44. The van der Waals surface area contributed by atoms with Gasteiger partial charge in [0.2, 0.25) is 0 Å². The van der Waals surface area contributed by atoms with Crippen LogP contribution in [0.5, 0.6) is 11.5 Å². The maximum absolute atomic E-state index is 5.45. The van der Waals surface area contributed by atoms with E-state index in [2.05, 4.69) is 17.1 Å². The Morgan fingerprint density at radius 1 is 0.864 bits per heavy atom. The van der Waals surface area contributed by atoms with Crippen molar-refractivity contribution in [1.82, 2.24) is 4.98 Å². The molecule has 3 nitrogen and oxygen atoms in total. The fourth-order valence-electron chi connectivity index (χ4n) is 2.49. The van der Waals surface area contributed by atoms with Crippen molar-refractivity contribution in [2.75, 3.05) is 14.2 Å². The average Bonchev–Trinajstić information content (AvgIpc) is 2.59. The summed E-state index contributed by atoms with van der Waals surface area (Å²) in [4.78, 5) is 4.46. The van der Waals surface area contributed by atoms with Crippen molar-refractivity contribution in [3.63, 3.8) is 0 Å². The number of fused-ring (bicyclic) bond motifs is 1. The number of rotatable bonds is 4. The molecule has 3 aromatic rings. The minimum Gasteiger partial charge on any atom is -0.493 e.